The Morgan fingerprint density at radius 1 is 1.28 bits per heavy atom. The number of thiophene rings is 1. The Labute approximate surface area is 219 Å². The van der Waals surface area contributed by atoms with Gasteiger partial charge in [-0.05, 0) is 51.7 Å². The average Bonchev–Trinajstić information content (AvgIpc) is 3.46. The second-order valence-corrected chi connectivity index (χ2v) is 12.5. The molecule has 194 valence electrons. The van der Waals surface area contributed by atoms with E-state index >= 15 is 0 Å². The summed E-state index contributed by atoms with van der Waals surface area (Å²) in [5.41, 5.74) is 15.1. The van der Waals surface area contributed by atoms with Gasteiger partial charge in [0.1, 0.15) is 15.5 Å². The van der Waals surface area contributed by atoms with Crippen LogP contribution in [0.1, 0.15) is 46.2 Å². The number of nitrogens with zero attached hydrogens (tertiary/aromatic N) is 3. The molecule has 1 amide bonds. The standard InChI is InChI=1S/C25H34N6O3S2/c1-13-28-24-22(35-13)20(27)21(36-24)23(32)29-15-6-7-17-14(9-15)5-8-19(30-17)31-10-16(26)18(11-31)34-25(2,3)12-33-4/h5,8,15-16,18H,6-7,9-12,26-27H2,1-4H3,(H,29,32). The Morgan fingerprint density at radius 2 is 2.08 bits per heavy atom. The molecule has 0 radical (unpaired) electrons. The van der Waals surface area contributed by atoms with Crippen molar-refractivity contribution in [3.05, 3.63) is 33.3 Å². The lowest BCUT2D eigenvalue weighted by atomic mass is 9.91. The molecule has 1 saturated heterocycles. The number of nitrogen functional groups attached to an aromatic ring is 1. The van der Waals surface area contributed by atoms with E-state index < -0.39 is 5.60 Å². The molecule has 3 aromatic rings. The van der Waals surface area contributed by atoms with E-state index in [4.69, 9.17) is 25.9 Å². The SMILES string of the molecule is COCC(C)(C)OC1CN(c2ccc3c(n2)CCC(NC(=O)c2sc4nc(C)sc4c2N)C3)CC1N. The summed E-state index contributed by atoms with van der Waals surface area (Å²) in [5.74, 6) is 0.809. The molecule has 1 aliphatic heterocycles. The minimum atomic E-state index is -0.394. The second-order valence-electron chi connectivity index (χ2n) is 10.3. The first-order valence-electron chi connectivity index (χ1n) is 12.3. The minimum absolute atomic E-state index is 0.0490. The molecule has 4 heterocycles. The molecule has 5 N–H and O–H groups in total. The third-order valence-electron chi connectivity index (χ3n) is 6.78. The summed E-state index contributed by atoms with van der Waals surface area (Å²) in [4.78, 5) is 26.0. The van der Waals surface area contributed by atoms with E-state index in [9.17, 15) is 4.79 Å². The molecule has 11 heteroatoms. The van der Waals surface area contributed by atoms with E-state index in [1.807, 2.05) is 20.8 Å². The van der Waals surface area contributed by atoms with Crippen molar-refractivity contribution in [2.45, 2.75) is 63.8 Å². The molecule has 0 bridgehead atoms. The van der Waals surface area contributed by atoms with Crippen LogP contribution < -0.4 is 21.7 Å². The summed E-state index contributed by atoms with van der Waals surface area (Å²) >= 11 is 2.90. The van der Waals surface area contributed by atoms with E-state index in [2.05, 4.69) is 27.3 Å². The zero-order valence-electron chi connectivity index (χ0n) is 21.2. The van der Waals surface area contributed by atoms with Crippen molar-refractivity contribution in [1.29, 1.82) is 0 Å². The normalized spacial score (nSPS) is 22.2. The summed E-state index contributed by atoms with van der Waals surface area (Å²) < 4.78 is 12.4. The number of nitrogens with two attached hydrogens (primary N) is 2. The molecule has 3 aromatic heterocycles. The Morgan fingerprint density at radius 3 is 2.83 bits per heavy atom. The highest BCUT2D eigenvalue weighted by molar-refractivity contribution is 7.29. The van der Waals surface area contributed by atoms with Crippen LogP contribution in [0.5, 0.6) is 0 Å². The predicted molar refractivity (Wildman–Crippen MR) is 145 cm³/mol. The molecule has 3 unspecified atom stereocenters. The number of thiazole rings is 1. The number of aryl methyl sites for hydroxylation is 2. The largest absolute Gasteiger partial charge is 0.396 e. The molecule has 3 atom stereocenters. The number of pyridine rings is 1. The maximum atomic E-state index is 13.0. The average molecular weight is 531 g/mol. The van der Waals surface area contributed by atoms with E-state index in [1.165, 1.54) is 28.2 Å². The number of rotatable bonds is 7. The molecule has 2 aliphatic rings. The van der Waals surface area contributed by atoms with Crippen molar-refractivity contribution in [2.24, 2.45) is 5.73 Å². The highest BCUT2D eigenvalue weighted by atomic mass is 32.1. The lowest BCUT2D eigenvalue weighted by Crippen LogP contribution is -2.43. The number of amides is 1. The van der Waals surface area contributed by atoms with Gasteiger partial charge in [-0.3, -0.25) is 4.79 Å². The molecule has 1 fully saturated rings. The monoisotopic (exact) mass is 530 g/mol. The van der Waals surface area contributed by atoms with Gasteiger partial charge >= 0.3 is 0 Å². The van der Waals surface area contributed by atoms with E-state index in [0.29, 0.717) is 30.3 Å². The van der Waals surface area contributed by atoms with Gasteiger partial charge in [0.2, 0.25) is 0 Å². The first-order valence-corrected chi connectivity index (χ1v) is 13.9. The molecule has 36 heavy (non-hydrogen) atoms. The van der Waals surface area contributed by atoms with Crippen molar-refractivity contribution < 1.29 is 14.3 Å². The zero-order valence-corrected chi connectivity index (χ0v) is 22.8. The molecule has 0 saturated carbocycles. The van der Waals surface area contributed by atoms with Crippen LogP contribution in [-0.4, -0.2) is 66.5 Å². The highest BCUT2D eigenvalue weighted by Crippen LogP contribution is 2.37. The maximum Gasteiger partial charge on any atom is 0.263 e. The van der Waals surface area contributed by atoms with Crippen molar-refractivity contribution in [3.8, 4) is 0 Å². The first kappa shape index (κ1) is 25.3. The predicted octanol–water partition coefficient (Wildman–Crippen LogP) is 2.89. The minimum Gasteiger partial charge on any atom is -0.396 e. The lowest BCUT2D eigenvalue weighted by molar-refractivity contribution is -0.102. The number of aromatic nitrogens is 2. The molecule has 9 nitrogen and oxygen atoms in total. The van der Waals surface area contributed by atoms with Gasteiger partial charge < -0.3 is 31.2 Å². The van der Waals surface area contributed by atoms with Gasteiger partial charge in [-0.2, -0.15) is 0 Å². The Kier molecular flexibility index (Phi) is 6.94. The van der Waals surface area contributed by atoms with Crippen molar-refractivity contribution in [1.82, 2.24) is 15.3 Å². The smallest absolute Gasteiger partial charge is 0.263 e. The van der Waals surface area contributed by atoms with Gasteiger partial charge in [0.25, 0.3) is 5.91 Å². The van der Waals surface area contributed by atoms with Crippen LogP contribution in [-0.2, 0) is 22.3 Å². The Balaban J connectivity index is 1.22. The van der Waals surface area contributed by atoms with Crippen LogP contribution in [0.15, 0.2) is 12.1 Å². The highest BCUT2D eigenvalue weighted by Gasteiger charge is 2.36. The van der Waals surface area contributed by atoms with E-state index in [-0.39, 0.29) is 24.1 Å². The van der Waals surface area contributed by atoms with E-state index in [1.54, 1.807) is 7.11 Å². The lowest BCUT2D eigenvalue weighted by Gasteiger charge is -2.30. The number of ether oxygens (including phenoxy) is 2. The van der Waals surface area contributed by atoms with Crippen LogP contribution in [0.2, 0.25) is 0 Å². The first-order chi connectivity index (χ1) is 17.1. The van der Waals surface area contributed by atoms with Crippen LogP contribution >= 0.6 is 22.7 Å². The summed E-state index contributed by atoms with van der Waals surface area (Å²) in [6, 6.07) is 4.15. The van der Waals surface area contributed by atoms with Crippen molar-refractivity contribution in [3.63, 3.8) is 0 Å². The molecule has 0 spiro atoms. The Bertz CT molecular complexity index is 1270. The van der Waals surface area contributed by atoms with Crippen LogP contribution in [0.25, 0.3) is 9.53 Å². The fourth-order valence-corrected chi connectivity index (χ4v) is 7.21. The van der Waals surface area contributed by atoms with Gasteiger partial charge in [0.05, 0.1) is 39.7 Å². The topological polar surface area (TPSA) is 129 Å². The van der Waals surface area contributed by atoms with Crippen LogP contribution in [0.3, 0.4) is 0 Å². The molecule has 1 aliphatic carbocycles. The Hall–Kier alpha value is -2.31. The van der Waals surface area contributed by atoms with Gasteiger partial charge in [0.15, 0.2) is 0 Å². The molecular weight excluding hydrogens is 496 g/mol. The van der Waals surface area contributed by atoms with E-state index in [0.717, 1.165) is 45.3 Å². The summed E-state index contributed by atoms with van der Waals surface area (Å²) in [6.07, 6.45) is 2.32. The number of fused-ring (bicyclic) bond motifs is 2. The summed E-state index contributed by atoms with van der Waals surface area (Å²) in [5, 5.41) is 4.14. The van der Waals surface area contributed by atoms with Crippen LogP contribution in [0, 0.1) is 6.92 Å². The second kappa shape index (κ2) is 9.86. The summed E-state index contributed by atoms with van der Waals surface area (Å²) in [7, 11) is 1.68. The summed E-state index contributed by atoms with van der Waals surface area (Å²) in [6.45, 7) is 7.90. The fraction of sp³-hybridized carbons (Fsp3) is 0.560. The number of anilines is 2. The number of nitrogens with one attached hydrogen (secondary N) is 1. The van der Waals surface area contributed by atoms with Gasteiger partial charge in [-0.1, -0.05) is 6.07 Å². The number of carbonyl (C=O) groups excluding carboxylic acids is 1. The number of methoxy groups -OCH3 is 1. The number of hydrogen-bond donors (Lipinski definition) is 3. The third-order valence-corrected chi connectivity index (χ3v) is 9.01. The molecule has 0 aromatic carbocycles. The number of hydrogen-bond acceptors (Lipinski definition) is 10. The van der Waals surface area contributed by atoms with Gasteiger partial charge in [-0.15, -0.1) is 22.7 Å². The van der Waals surface area contributed by atoms with Crippen molar-refractivity contribution >= 4 is 49.6 Å². The van der Waals surface area contributed by atoms with Crippen LogP contribution in [0.4, 0.5) is 11.5 Å². The zero-order chi connectivity index (χ0) is 25.6. The molecular formula is C25H34N6O3S2. The molecule has 5 rings (SSSR count). The third kappa shape index (κ3) is 5.08. The van der Waals surface area contributed by atoms with Crippen molar-refractivity contribution in [2.75, 3.05) is 37.4 Å². The fourth-order valence-electron chi connectivity index (χ4n) is 5.12. The van der Waals surface area contributed by atoms with Gasteiger partial charge in [0, 0.05) is 31.9 Å². The van der Waals surface area contributed by atoms with Gasteiger partial charge in [-0.25, -0.2) is 9.97 Å². The maximum absolute atomic E-state index is 13.0. The quantitative estimate of drug-likeness (QED) is 0.425. The number of carbonyl (C=O) groups is 1.